The molecule has 1 aromatic carbocycles. The summed E-state index contributed by atoms with van der Waals surface area (Å²) >= 11 is 5.00. The fourth-order valence-corrected chi connectivity index (χ4v) is 1.72. The van der Waals surface area contributed by atoms with Gasteiger partial charge < -0.3 is 15.5 Å². The highest BCUT2D eigenvalue weighted by atomic mass is 32.1. The molecule has 0 saturated heterocycles. The van der Waals surface area contributed by atoms with Gasteiger partial charge in [0.1, 0.15) is 0 Å². The third kappa shape index (κ3) is 6.24. The molecular weight excluding hydrogens is 230 g/mol. The second-order valence-corrected chi connectivity index (χ2v) is 4.49. The van der Waals surface area contributed by atoms with Gasteiger partial charge in [0.25, 0.3) is 0 Å². The Balaban J connectivity index is 2.13. The maximum atomic E-state index is 5.00. The maximum absolute atomic E-state index is 5.00. The smallest absolute Gasteiger partial charge is 0.166 e. The molecule has 1 aromatic rings. The van der Waals surface area contributed by atoms with E-state index in [1.807, 2.05) is 13.1 Å². The van der Waals surface area contributed by atoms with E-state index in [1.54, 1.807) is 0 Å². The van der Waals surface area contributed by atoms with E-state index in [2.05, 4.69) is 46.8 Å². The first-order valence-corrected chi connectivity index (χ1v) is 6.31. The van der Waals surface area contributed by atoms with E-state index in [-0.39, 0.29) is 0 Å². The highest BCUT2D eigenvalue weighted by Gasteiger charge is 1.99. The highest BCUT2D eigenvalue weighted by Crippen LogP contribution is 2.02. The molecule has 0 atom stereocenters. The lowest BCUT2D eigenvalue weighted by molar-refractivity contribution is 0.322. The van der Waals surface area contributed by atoms with Gasteiger partial charge in [-0.05, 0) is 37.8 Å². The molecule has 0 aromatic heterocycles. The molecule has 0 unspecified atom stereocenters. The molecule has 17 heavy (non-hydrogen) atoms. The Morgan fingerprint density at radius 1 is 1.29 bits per heavy atom. The standard InChI is InChI=1S/C13H21N3S/c1-14-13(17)15-9-6-10-16(2)11-12-7-4-3-5-8-12/h3-5,7-8H,6,9-11H2,1-2H3,(H2,14,15,17). The number of hydrogen-bond donors (Lipinski definition) is 2. The SMILES string of the molecule is CNC(=S)NCCCN(C)Cc1ccccc1. The predicted molar refractivity (Wildman–Crippen MR) is 77.1 cm³/mol. The van der Waals surface area contributed by atoms with Crippen LogP contribution in [0, 0.1) is 0 Å². The first-order chi connectivity index (χ1) is 8.22. The Morgan fingerprint density at radius 3 is 2.65 bits per heavy atom. The van der Waals surface area contributed by atoms with Crippen LogP contribution in [0.2, 0.25) is 0 Å². The fourth-order valence-electron chi connectivity index (χ4n) is 1.61. The summed E-state index contributed by atoms with van der Waals surface area (Å²) in [4.78, 5) is 2.32. The maximum Gasteiger partial charge on any atom is 0.166 e. The largest absolute Gasteiger partial charge is 0.366 e. The zero-order chi connectivity index (χ0) is 12.5. The van der Waals surface area contributed by atoms with Gasteiger partial charge in [-0.2, -0.15) is 0 Å². The van der Waals surface area contributed by atoms with Crippen molar-refractivity contribution in [1.82, 2.24) is 15.5 Å². The van der Waals surface area contributed by atoms with Crippen molar-refractivity contribution in [2.24, 2.45) is 0 Å². The van der Waals surface area contributed by atoms with Crippen molar-refractivity contribution in [2.45, 2.75) is 13.0 Å². The van der Waals surface area contributed by atoms with E-state index in [0.29, 0.717) is 0 Å². The fraction of sp³-hybridized carbons (Fsp3) is 0.462. The molecule has 0 radical (unpaired) electrons. The Labute approximate surface area is 109 Å². The summed E-state index contributed by atoms with van der Waals surface area (Å²) in [5.41, 5.74) is 1.36. The number of thiocarbonyl (C=S) groups is 1. The van der Waals surface area contributed by atoms with E-state index < -0.39 is 0 Å². The van der Waals surface area contributed by atoms with Crippen LogP contribution in [0.3, 0.4) is 0 Å². The zero-order valence-electron chi connectivity index (χ0n) is 10.6. The van der Waals surface area contributed by atoms with Gasteiger partial charge in [-0.1, -0.05) is 30.3 Å². The predicted octanol–water partition coefficient (Wildman–Crippen LogP) is 1.60. The lowest BCUT2D eigenvalue weighted by Gasteiger charge is -2.17. The molecule has 0 saturated carbocycles. The average molecular weight is 251 g/mol. The summed E-state index contributed by atoms with van der Waals surface area (Å²) in [6.07, 6.45) is 1.09. The summed E-state index contributed by atoms with van der Waals surface area (Å²) in [5, 5.41) is 6.76. The Morgan fingerprint density at radius 2 is 2.00 bits per heavy atom. The Kier molecular flexibility index (Phi) is 6.58. The molecule has 0 bridgehead atoms. The molecule has 0 amide bonds. The normalized spacial score (nSPS) is 10.3. The van der Waals surface area contributed by atoms with Gasteiger partial charge in [0, 0.05) is 20.1 Å². The monoisotopic (exact) mass is 251 g/mol. The van der Waals surface area contributed by atoms with Gasteiger partial charge in [0.15, 0.2) is 5.11 Å². The molecule has 94 valence electrons. The number of nitrogens with zero attached hydrogens (tertiary/aromatic N) is 1. The molecule has 2 N–H and O–H groups in total. The van der Waals surface area contributed by atoms with Crippen LogP contribution in [0.1, 0.15) is 12.0 Å². The molecule has 0 spiro atoms. The number of benzene rings is 1. The van der Waals surface area contributed by atoms with Crippen LogP contribution in [0.4, 0.5) is 0 Å². The van der Waals surface area contributed by atoms with Crippen LogP contribution >= 0.6 is 12.2 Å². The summed E-state index contributed by atoms with van der Waals surface area (Å²) in [5.74, 6) is 0. The van der Waals surface area contributed by atoms with Gasteiger partial charge in [0.05, 0.1) is 0 Å². The molecule has 0 aliphatic carbocycles. The second-order valence-electron chi connectivity index (χ2n) is 4.08. The Hall–Kier alpha value is -1.13. The van der Waals surface area contributed by atoms with Crippen molar-refractivity contribution < 1.29 is 0 Å². The van der Waals surface area contributed by atoms with E-state index in [0.717, 1.165) is 31.2 Å². The number of rotatable bonds is 6. The van der Waals surface area contributed by atoms with Crippen molar-refractivity contribution in [1.29, 1.82) is 0 Å². The molecule has 0 heterocycles. The highest BCUT2D eigenvalue weighted by molar-refractivity contribution is 7.80. The van der Waals surface area contributed by atoms with E-state index >= 15 is 0 Å². The zero-order valence-corrected chi connectivity index (χ0v) is 11.4. The van der Waals surface area contributed by atoms with Crippen molar-refractivity contribution in [3.63, 3.8) is 0 Å². The van der Waals surface area contributed by atoms with E-state index in [1.165, 1.54) is 5.56 Å². The molecule has 0 fully saturated rings. The van der Waals surface area contributed by atoms with Crippen LogP contribution in [0.15, 0.2) is 30.3 Å². The van der Waals surface area contributed by atoms with Crippen LogP contribution in [0.5, 0.6) is 0 Å². The third-order valence-corrected chi connectivity index (χ3v) is 2.87. The molecule has 0 aliphatic heterocycles. The first kappa shape index (κ1) is 13.9. The minimum absolute atomic E-state index is 0.718. The number of hydrogen-bond acceptors (Lipinski definition) is 2. The van der Waals surface area contributed by atoms with Crippen LogP contribution in [-0.4, -0.2) is 37.2 Å². The van der Waals surface area contributed by atoms with Crippen molar-refractivity contribution in [2.75, 3.05) is 27.2 Å². The quantitative estimate of drug-likeness (QED) is 0.593. The summed E-state index contributed by atoms with van der Waals surface area (Å²) in [7, 11) is 3.97. The third-order valence-electron chi connectivity index (χ3n) is 2.52. The Bertz CT molecular complexity index is 327. The summed E-state index contributed by atoms with van der Waals surface area (Å²) < 4.78 is 0. The lowest BCUT2D eigenvalue weighted by Crippen LogP contribution is -2.34. The van der Waals surface area contributed by atoms with Gasteiger partial charge >= 0.3 is 0 Å². The topological polar surface area (TPSA) is 27.3 Å². The molecular formula is C13H21N3S. The van der Waals surface area contributed by atoms with Gasteiger partial charge in [-0.3, -0.25) is 0 Å². The van der Waals surface area contributed by atoms with Gasteiger partial charge in [-0.15, -0.1) is 0 Å². The molecule has 3 nitrogen and oxygen atoms in total. The van der Waals surface area contributed by atoms with Gasteiger partial charge in [0.2, 0.25) is 0 Å². The van der Waals surface area contributed by atoms with E-state index in [4.69, 9.17) is 12.2 Å². The minimum atomic E-state index is 0.718. The van der Waals surface area contributed by atoms with Crippen molar-refractivity contribution in [3.8, 4) is 0 Å². The van der Waals surface area contributed by atoms with Crippen molar-refractivity contribution >= 4 is 17.3 Å². The second kappa shape index (κ2) is 8.03. The first-order valence-electron chi connectivity index (χ1n) is 5.90. The van der Waals surface area contributed by atoms with Crippen molar-refractivity contribution in [3.05, 3.63) is 35.9 Å². The summed E-state index contributed by atoms with van der Waals surface area (Å²) in [6, 6.07) is 10.5. The van der Waals surface area contributed by atoms with Crippen LogP contribution in [-0.2, 0) is 6.54 Å². The molecule has 1 rings (SSSR count). The number of nitrogens with one attached hydrogen (secondary N) is 2. The molecule has 0 aliphatic rings. The van der Waals surface area contributed by atoms with Crippen LogP contribution < -0.4 is 10.6 Å². The molecule has 4 heteroatoms. The minimum Gasteiger partial charge on any atom is -0.366 e. The lowest BCUT2D eigenvalue weighted by atomic mass is 10.2. The summed E-state index contributed by atoms with van der Waals surface area (Å²) in [6.45, 7) is 2.98. The average Bonchev–Trinajstić information content (AvgIpc) is 2.35. The van der Waals surface area contributed by atoms with E-state index in [9.17, 15) is 0 Å². The van der Waals surface area contributed by atoms with Gasteiger partial charge in [-0.25, -0.2) is 0 Å². The van der Waals surface area contributed by atoms with Crippen LogP contribution in [0.25, 0.3) is 0 Å².